The smallest absolute Gasteiger partial charge is 0.291 e. The average Bonchev–Trinajstić information content (AvgIpc) is 3.09. The maximum Gasteiger partial charge on any atom is 0.291 e. The molecule has 0 atom stereocenters. The summed E-state index contributed by atoms with van der Waals surface area (Å²) in [6.07, 6.45) is 2.94. The number of phenolic OH excluding ortho intramolecular Hbond substituents is 1. The Morgan fingerprint density at radius 3 is 2.63 bits per heavy atom. The Morgan fingerprint density at radius 1 is 1.15 bits per heavy atom. The first-order valence-electron chi connectivity index (χ1n) is 7.71. The predicted octanol–water partition coefficient (Wildman–Crippen LogP) is 4.36. The number of hydrogen-bond donors (Lipinski definition) is 2. The molecule has 0 unspecified atom stereocenters. The third-order valence-electron chi connectivity index (χ3n) is 3.56. The lowest BCUT2D eigenvalue weighted by Gasteiger charge is -2.03. The quantitative estimate of drug-likeness (QED) is 0.473. The van der Waals surface area contributed by atoms with Crippen molar-refractivity contribution in [3.63, 3.8) is 0 Å². The van der Waals surface area contributed by atoms with Crippen LogP contribution in [-0.2, 0) is 6.54 Å². The third-order valence-corrected chi connectivity index (χ3v) is 4.32. The van der Waals surface area contributed by atoms with Crippen molar-refractivity contribution in [1.29, 1.82) is 0 Å². The molecular weight excluding hydrogens is 411 g/mol. The topological polar surface area (TPSA) is 79.5 Å². The lowest BCUT2D eigenvalue weighted by Crippen LogP contribution is -2.18. The predicted molar refractivity (Wildman–Crippen MR) is 106 cm³/mol. The van der Waals surface area contributed by atoms with E-state index in [1.807, 2.05) is 12.1 Å². The zero-order valence-corrected chi connectivity index (χ0v) is 16.0. The zero-order valence-electron chi connectivity index (χ0n) is 13.7. The standard InChI is InChI=1S/C18H13Cl3N4O2/c19-13-3-1-11(2-4-13)10-25-6-5-16(24-25)18(27)23-22-9-12-7-14(20)8-15(21)17(12)26/h1-9,26H,10H2,(H,23,27). The first kappa shape index (κ1) is 19.2. The van der Waals surface area contributed by atoms with Crippen LogP contribution in [0.5, 0.6) is 5.75 Å². The van der Waals surface area contributed by atoms with Gasteiger partial charge >= 0.3 is 0 Å². The maximum absolute atomic E-state index is 12.1. The van der Waals surface area contributed by atoms with Crippen LogP contribution in [0.2, 0.25) is 15.1 Å². The van der Waals surface area contributed by atoms with Crippen molar-refractivity contribution >= 4 is 46.9 Å². The number of halogens is 3. The molecular formula is C18H13Cl3N4O2. The monoisotopic (exact) mass is 422 g/mol. The molecule has 1 amide bonds. The Kier molecular flexibility index (Phi) is 6.01. The highest BCUT2D eigenvalue weighted by Gasteiger charge is 2.10. The van der Waals surface area contributed by atoms with Gasteiger partial charge in [0.1, 0.15) is 5.75 Å². The van der Waals surface area contributed by atoms with Gasteiger partial charge < -0.3 is 5.11 Å². The first-order chi connectivity index (χ1) is 12.9. The summed E-state index contributed by atoms with van der Waals surface area (Å²) in [7, 11) is 0. The van der Waals surface area contributed by atoms with Gasteiger partial charge in [0.25, 0.3) is 5.91 Å². The number of nitrogens with zero attached hydrogens (tertiary/aromatic N) is 3. The fraction of sp³-hybridized carbons (Fsp3) is 0.0556. The Labute approximate surface area is 170 Å². The van der Waals surface area contributed by atoms with Crippen LogP contribution in [0.3, 0.4) is 0 Å². The number of amides is 1. The van der Waals surface area contributed by atoms with E-state index in [0.29, 0.717) is 16.6 Å². The number of hydrazone groups is 1. The van der Waals surface area contributed by atoms with E-state index in [1.165, 1.54) is 18.3 Å². The second kappa shape index (κ2) is 8.43. The number of phenols is 1. The molecule has 6 nitrogen and oxygen atoms in total. The second-order valence-corrected chi connectivity index (χ2v) is 6.83. The van der Waals surface area contributed by atoms with Gasteiger partial charge in [0.05, 0.1) is 17.8 Å². The summed E-state index contributed by atoms with van der Waals surface area (Å²) in [5.74, 6) is -0.667. The number of aromatic hydroxyl groups is 1. The van der Waals surface area contributed by atoms with Crippen LogP contribution in [0.4, 0.5) is 0 Å². The summed E-state index contributed by atoms with van der Waals surface area (Å²) in [5, 5.41) is 18.9. The van der Waals surface area contributed by atoms with Gasteiger partial charge in [0, 0.05) is 21.8 Å². The molecule has 138 valence electrons. The van der Waals surface area contributed by atoms with Crippen molar-refractivity contribution < 1.29 is 9.90 Å². The number of benzene rings is 2. The van der Waals surface area contributed by atoms with Gasteiger partial charge in [0.15, 0.2) is 5.69 Å². The molecule has 27 heavy (non-hydrogen) atoms. The van der Waals surface area contributed by atoms with Crippen molar-refractivity contribution in [3.8, 4) is 5.75 Å². The Hall–Kier alpha value is -2.54. The van der Waals surface area contributed by atoms with E-state index < -0.39 is 5.91 Å². The highest BCUT2D eigenvalue weighted by Crippen LogP contribution is 2.29. The molecule has 0 fully saturated rings. The summed E-state index contributed by atoms with van der Waals surface area (Å²) in [4.78, 5) is 12.1. The van der Waals surface area contributed by atoms with Gasteiger partial charge in [0.2, 0.25) is 0 Å². The van der Waals surface area contributed by atoms with E-state index in [1.54, 1.807) is 29.1 Å². The van der Waals surface area contributed by atoms with Crippen molar-refractivity contribution in [2.24, 2.45) is 5.10 Å². The molecule has 0 radical (unpaired) electrons. The van der Waals surface area contributed by atoms with E-state index in [4.69, 9.17) is 34.8 Å². The maximum atomic E-state index is 12.1. The number of nitrogens with one attached hydrogen (secondary N) is 1. The largest absolute Gasteiger partial charge is 0.506 e. The summed E-state index contributed by atoms with van der Waals surface area (Å²) in [6, 6.07) is 11.8. The molecule has 0 aliphatic heterocycles. The minimum Gasteiger partial charge on any atom is -0.506 e. The fourth-order valence-electron chi connectivity index (χ4n) is 2.25. The van der Waals surface area contributed by atoms with Gasteiger partial charge in [-0.15, -0.1) is 0 Å². The minimum atomic E-state index is -0.492. The highest BCUT2D eigenvalue weighted by molar-refractivity contribution is 6.36. The lowest BCUT2D eigenvalue weighted by atomic mass is 10.2. The van der Waals surface area contributed by atoms with Crippen molar-refractivity contribution in [2.45, 2.75) is 6.54 Å². The summed E-state index contributed by atoms with van der Waals surface area (Å²) in [5.41, 5.74) is 3.82. The molecule has 1 aromatic heterocycles. The van der Waals surface area contributed by atoms with Crippen molar-refractivity contribution in [2.75, 3.05) is 0 Å². The fourth-order valence-corrected chi connectivity index (χ4v) is 2.88. The van der Waals surface area contributed by atoms with Gasteiger partial charge in [-0.2, -0.15) is 10.2 Å². The number of aromatic nitrogens is 2. The van der Waals surface area contributed by atoms with Crippen molar-refractivity contribution in [1.82, 2.24) is 15.2 Å². The van der Waals surface area contributed by atoms with E-state index in [2.05, 4.69) is 15.6 Å². The van der Waals surface area contributed by atoms with Crippen LogP contribution in [-0.4, -0.2) is 27.0 Å². The Balaban J connectivity index is 1.63. The van der Waals surface area contributed by atoms with Gasteiger partial charge in [-0.05, 0) is 35.9 Å². The molecule has 1 heterocycles. The summed E-state index contributed by atoms with van der Waals surface area (Å²) < 4.78 is 1.63. The van der Waals surface area contributed by atoms with E-state index >= 15 is 0 Å². The van der Waals surface area contributed by atoms with Crippen molar-refractivity contribution in [3.05, 3.63) is 80.6 Å². The SMILES string of the molecule is O=C(NN=Cc1cc(Cl)cc(Cl)c1O)c1ccn(Cc2ccc(Cl)cc2)n1. The average molecular weight is 424 g/mol. The molecule has 3 rings (SSSR count). The summed E-state index contributed by atoms with van der Waals surface area (Å²) in [6.45, 7) is 0.503. The first-order valence-corrected chi connectivity index (χ1v) is 8.85. The van der Waals surface area contributed by atoms with Gasteiger partial charge in [-0.3, -0.25) is 9.48 Å². The number of carbonyl (C=O) groups excluding carboxylic acids is 1. The van der Waals surface area contributed by atoms with Crippen LogP contribution in [0.15, 0.2) is 53.8 Å². The molecule has 0 bridgehead atoms. The summed E-state index contributed by atoms with van der Waals surface area (Å²) >= 11 is 17.6. The van der Waals surface area contributed by atoms with Crippen LogP contribution < -0.4 is 5.43 Å². The minimum absolute atomic E-state index is 0.0937. The molecule has 3 aromatic rings. The van der Waals surface area contributed by atoms with Crippen LogP contribution in [0, 0.1) is 0 Å². The molecule has 0 aliphatic carbocycles. The normalized spacial score (nSPS) is 11.1. The number of carbonyl (C=O) groups is 1. The lowest BCUT2D eigenvalue weighted by molar-refractivity contribution is 0.0949. The van der Waals surface area contributed by atoms with E-state index in [0.717, 1.165) is 5.56 Å². The molecule has 9 heteroatoms. The molecule has 2 N–H and O–H groups in total. The van der Waals surface area contributed by atoms with Crippen LogP contribution >= 0.6 is 34.8 Å². The third kappa shape index (κ3) is 5.01. The second-order valence-electron chi connectivity index (χ2n) is 5.55. The van der Waals surface area contributed by atoms with Gasteiger partial charge in [-0.25, -0.2) is 5.43 Å². The Morgan fingerprint density at radius 2 is 1.89 bits per heavy atom. The molecule has 0 spiro atoms. The zero-order chi connectivity index (χ0) is 19.4. The van der Waals surface area contributed by atoms with Crippen LogP contribution in [0.25, 0.3) is 0 Å². The molecule has 2 aromatic carbocycles. The highest BCUT2D eigenvalue weighted by atomic mass is 35.5. The molecule has 0 saturated heterocycles. The van der Waals surface area contributed by atoms with Crippen LogP contribution in [0.1, 0.15) is 21.6 Å². The Bertz CT molecular complexity index is 1000. The number of rotatable bonds is 5. The molecule has 0 aliphatic rings. The van der Waals surface area contributed by atoms with E-state index in [9.17, 15) is 9.90 Å². The number of hydrogen-bond acceptors (Lipinski definition) is 4. The van der Waals surface area contributed by atoms with Gasteiger partial charge in [-0.1, -0.05) is 46.9 Å². The molecule has 0 saturated carbocycles. The van der Waals surface area contributed by atoms with E-state index in [-0.39, 0.29) is 22.0 Å².